The van der Waals surface area contributed by atoms with E-state index in [9.17, 15) is 0 Å². The van der Waals surface area contributed by atoms with Crippen LogP contribution in [0.5, 0.6) is 11.5 Å². The number of aromatic nitrogens is 2. The van der Waals surface area contributed by atoms with Gasteiger partial charge in [0.05, 0.1) is 24.8 Å². The monoisotopic (exact) mass is 445 g/mol. The third-order valence-corrected chi connectivity index (χ3v) is 7.03. The van der Waals surface area contributed by atoms with Crippen molar-refractivity contribution in [2.24, 2.45) is 5.92 Å². The average Bonchev–Trinajstić information content (AvgIpc) is 2.82. The van der Waals surface area contributed by atoms with Crippen LogP contribution in [0.1, 0.15) is 24.8 Å². The van der Waals surface area contributed by atoms with E-state index in [0.29, 0.717) is 29.8 Å². The van der Waals surface area contributed by atoms with Crippen LogP contribution in [0, 0.1) is 12.8 Å². The predicted octanol–water partition coefficient (Wildman–Crippen LogP) is 4.53. The Bertz CT molecular complexity index is 1350. The molecular weight excluding hydrogens is 414 g/mol. The van der Waals surface area contributed by atoms with Gasteiger partial charge in [0.25, 0.3) is 0 Å². The van der Waals surface area contributed by atoms with Gasteiger partial charge in [-0.2, -0.15) is 0 Å². The Morgan fingerprint density at radius 3 is 2.61 bits per heavy atom. The summed E-state index contributed by atoms with van der Waals surface area (Å²) in [5, 5.41) is 3.77. The van der Waals surface area contributed by atoms with Gasteiger partial charge in [-0.15, -0.1) is 0 Å². The maximum absolute atomic E-state index is 6.33. The van der Waals surface area contributed by atoms with E-state index < -0.39 is 0 Å². The normalized spacial score (nSPS) is 15.5. The zero-order chi connectivity index (χ0) is 23.1. The molecule has 0 aliphatic carbocycles. The summed E-state index contributed by atoms with van der Waals surface area (Å²) in [6.07, 6.45) is 5.30. The highest BCUT2D eigenvalue weighted by atomic mass is 16.5. The number of piperidine rings is 1. The second-order valence-electron chi connectivity index (χ2n) is 9.12. The first-order valence-electron chi connectivity index (χ1n) is 11.5. The standard InChI is InChI=1S/C26H31N5O2/c1-15-20(27)5-4-17-24-18-12-22(32-3)23(33-11-8-16-6-9-31(2)10-7-16)13-21(18)29-14-19(24)26(28)30-25(15)17/h4-5,12-14,16H,6-11,27H2,1-3H3,(H2,28,30). The fourth-order valence-electron chi connectivity index (χ4n) is 4.89. The molecule has 2 aromatic carbocycles. The third kappa shape index (κ3) is 3.86. The average molecular weight is 446 g/mol. The molecule has 0 unspecified atom stereocenters. The second-order valence-corrected chi connectivity index (χ2v) is 9.12. The minimum absolute atomic E-state index is 0.443. The first-order valence-corrected chi connectivity index (χ1v) is 11.5. The Morgan fingerprint density at radius 2 is 1.85 bits per heavy atom. The van der Waals surface area contributed by atoms with E-state index >= 15 is 0 Å². The summed E-state index contributed by atoms with van der Waals surface area (Å²) in [7, 11) is 3.86. The van der Waals surface area contributed by atoms with E-state index in [1.807, 2.05) is 31.2 Å². The Balaban J connectivity index is 1.55. The highest BCUT2D eigenvalue weighted by molar-refractivity contribution is 6.21. The maximum atomic E-state index is 6.33. The van der Waals surface area contributed by atoms with Gasteiger partial charge in [-0.1, -0.05) is 6.07 Å². The Labute approximate surface area is 193 Å². The molecule has 1 aliphatic heterocycles. The summed E-state index contributed by atoms with van der Waals surface area (Å²) in [5.41, 5.74) is 15.7. The first kappa shape index (κ1) is 21.5. The van der Waals surface area contributed by atoms with Gasteiger partial charge >= 0.3 is 0 Å². The summed E-state index contributed by atoms with van der Waals surface area (Å²) < 4.78 is 11.9. The zero-order valence-corrected chi connectivity index (χ0v) is 19.5. The van der Waals surface area contributed by atoms with E-state index in [0.717, 1.165) is 63.4 Å². The molecule has 7 heteroatoms. The zero-order valence-electron chi connectivity index (χ0n) is 19.5. The molecule has 1 saturated heterocycles. The molecule has 3 heterocycles. The lowest BCUT2D eigenvalue weighted by atomic mass is 9.94. The molecule has 0 amide bonds. The minimum atomic E-state index is 0.443. The number of nitrogen functional groups attached to an aromatic ring is 2. The number of methoxy groups -OCH3 is 1. The number of rotatable bonds is 5. The molecule has 33 heavy (non-hydrogen) atoms. The van der Waals surface area contributed by atoms with Crippen molar-refractivity contribution < 1.29 is 9.47 Å². The van der Waals surface area contributed by atoms with Crippen LogP contribution in [-0.2, 0) is 0 Å². The van der Waals surface area contributed by atoms with Crippen molar-refractivity contribution in [3.63, 3.8) is 0 Å². The van der Waals surface area contributed by atoms with Gasteiger partial charge in [0.1, 0.15) is 5.82 Å². The van der Waals surface area contributed by atoms with Gasteiger partial charge < -0.3 is 25.8 Å². The molecule has 2 aromatic heterocycles. The van der Waals surface area contributed by atoms with Crippen molar-refractivity contribution in [3.8, 4) is 11.5 Å². The van der Waals surface area contributed by atoms with Gasteiger partial charge in [0, 0.05) is 39.5 Å². The highest BCUT2D eigenvalue weighted by Crippen LogP contribution is 2.39. The number of ether oxygens (including phenoxy) is 2. The van der Waals surface area contributed by atoms with Crippen LogP contribution in [-0.4, -0.2) is 48.7 Å². The van der Waals surface area contributed by atoms with Crippen molar-refractivity contribution in [2.45, 2.75) is 26.2 Å². The van der Waals surface area contributed by atoms with E-state index in [-0.39, 0.29) is 0 Å². The molecule has 0 atom stereocenters. The topological polar surface area (TPSA) is 99.5 Å². The lowest BCUT2D eigenvalue weighted by Gasteiger charge is -2.28. The molecule has 4 N–H and O–H groups in total. The molecule has 172 valence electrons. The largest absolute Gasteiger partial charge is 0.493 e. The van der Waals surface area contributed by atoms with E-state index in [1.54, 1.807) is 13.3 Å². The quantitative estimate of drug-likeness (QED) is 0.344. The number of likely N-dealkylation sites (tertiary alicyclic amines) is 1. The number of hydrogen-bond donors (Lipinski definition) is 2. The van der Waals surface area contributed by atoms with E-state index in [4.69, 9.17) is 20.9 Å². The van der Waals surface area contributed by atoms with E-state index in [2.05, 4.69) is 21.9 Å². The van der Waals surface area contributed by atoms with Crippen LogP contribution in [0.25, 0.3) is 32.6 Å². The van der Waals surface area contributed by atoms with Crippen molar-refractivity contribution in [2.75, 3.05) is 45.3 Å². The van der Waals surface area contributed by atoms with Crippen LogP contribution in [0.2, 0.25) is 0 Å². The fourth-order valence-corrected chi connectivity index (χ4v) is 4.89. The van der Waals surface area contributed by atoms with Crippen molar-refractivity contribution >= 4 is 44.1 Å². The second kappa shape index (κ2) is 8.56. The number of aryl methyl sites for hydroxylation is 1. The molecule has 4 aromatic rings. The Hall–Kier alpha value is -3.32. The summed E-state index contributed by atoms with van der Waals surface area (Å²) in [6.45, 7) is 4.97. The van der Waals surface area contributed by atoms with Crippen molar-refractivity contribution in [1.29, 1.82) is 0 Å². The number of anilines is 2. The summed E-state index contributed by atoms with van der Waals surface area (Å²) >= 11 is 0. The van der Waals surface area contributed by atoms with E-state index in [1.165, 1.54) is 12.8 Å². The summed E-state index contributed by atoms with van der Waals surface area (Å²) in [6, 6.07) is 7.89. The van der Waals surface area contributed by atoms with Gasteiger partial charge in [0.15, 0.2) is 11.5 Å². The molecular formula is C26H31N5O2. The number of fused-ring (bicyclic) bond motifs is 5. The smallest absolute Gasteiger partial charge is 0.163 e. The lowest BCUT2D eigenvalue weighted by molar-refractivity contribution is 0.186. The lowest BCUT2D eigenvalue weighted by Crippen LogP contribution is -2.30. The number of pyridine rings is 2. The molecule has 1 aliphatic rings. The predicted molar refractivity (Wildman–Crippen MR) is 135 cm³/mol. The van der Waals surface area contributed by atoms with Crippen LogP contribution in [0.4, 0.5) is 11.5 Å². The van der Waals surface area contributed by atoms with Gasteiger partial charge in [0.2, 0.25) is 0 Å². The highest BCUT2D eigenvalue weighted by Gasteiger charge is 2.18. The number of nitrogens with two attached hydrogens (primary N) is 2. The molecule has 7 nitrogen and oxygen atoms in total. The molecule has 0 bridgehead atoms. The van der Waals surface area contributed by atoms with Crippen LogP contribution >= 0.6 is 0 Å². The molecule has 0 spiro atoms. The van der Waals surface area contributed by atoms with Crippen molar-refractivity contribution in [3.05, 3.63) is 36.0 Å². The molecule has 0 saturated carbocycles. The minimum Gasteiger partial charge on any atom is -0.493 e. The Morgan fingerprint density at radius 1 is 1.06 bits per heavy atom. The summed E-state index contributed by atoms with van der Waals surface area (Å²) in [5.74, 6) is 2.57. The van der Waals surface area contributed by atoms with Gasteiger partial charge in [-0.05, 0) is 69.9 Å². The Kier molecular flexibility index (Phi) is 5.58. The van der Waals surface area contributed by atoms with Crippen LogP contribution < -0.4 is 20.9 Å². The van der Waals surface area contributed by atoms with Crippen LogP contribution in [0.3, 0.4) is 0 Å². The van der Waals surface area contributed by atoms with Gasteiger partial charge in [-0.3, -0.25) is 4.98 Å². The molecule has 0 radical (unpaired) electrons. The molecule has 1 fully saturated rings. The third-order valence-electron chi connectivity index (χ3n) is 7.03. The van der Waals surface area contributed by atoms with Gasteiger partial charge in [-0.25, -0.2) is 4.98 Å². The van der Waals surface area contributed by atoms with Crippen molar-refractivity contribution in [1.82, 2.24) is 14.9 Å². The van der Waals surface area contributed by atoms with Crippen LogP contribution in [0.15, 0.2) is 30.5 Å². The number of nitrogens with zero attached hydrogens (tertiary/aromatic N) is 3. The number of benzene rings is 2. The SMILES string of the molecule is COc1cc2c(cc1OCCC1CCN(C)CC1)ncc1c(N)nc3c(C)c(N)ccc3c12. The summed E-state index contributed by atoms with van der Waals surface area (Å²) in [4.78, 5) is 11.7. The number of hydrogen-bond acceptors (Lipinski definition) is 7. The maximum Gasteiger partial charge on any atom is 0.163 e. The first-order chi connectivity index (χ1) is 16.0. The molecule has 5 rings (SSSR count). The fraction of sp³-hybridized carbons (Fsp3) is 0.385.